The van der Waals surface area contributed by atoms with Crippen molar-refractivity contribution in [2.24, 2.45) is 0 Å². The molecule has 3 heterocycles. The molecular formula is C33H28BN3O3. The first-order valence-corrected chi connectivity index (χ1v) is 13.5. The molecule has 0 N–H and O–H groups in total. The van der Waals surface area contributed by atoms with E-state index in [1.807, 2.05) is 84.9 Å². The summed E-state index contributed by atoms with van der Waals surface area (Å²) >= 11 is 0. The standard InChI is InChI=1S/C33H28BN3O3/c1-32(2)33(3,4)40-34(39-32)26-17-11-16-25-24-19-18-23(20-27(24)38-28(25)26)31-36-29(21-12-7-5-8-13-21)35-30(37-31)22-14-9-6-10-15-22/h5-20H,1-4H3. The van der Waals surface area contributed by atoms with Crippen LogP contribution in [0, 0.1) is 0 Å². The summed E-state index contributed by atoms with van der Waals surface area (Å²) < 4.78 is 19.2. The van der Waals surface area contributed by atoms with Gasteiger partial charge >= 0.3 is 7.12 Å². The number of hydrogen-bond acceptors (Lipinski definition) is 6. The summed E-state index contributed by atoms with van der Waals surface area (Å²) in [5.74, 6) is 1.83. The zero-order valence-corrected chi connectivity index (χ0v) is 22.9. The zero-order chi connectivity index (χ0) is 27.5. The van der Waals surface area contributed by atoms with Gasteiger partial charge in [0.2, 0.25) is 0 Å². The fourth-order valence-electron chi connectivity index (χ4n) is 5.05. The van der Waals surface area contributed by atoms with E-state index in [4.69, 9.17) is 28.7 Å². The number of rotatable bonds is 4. The van der Waals surface area contributed by atoms with Crippen molar-refractivity contribution in [2.75, 3.05) is 0 Å². The highest BCUT2D eigenvalue weighted by Crippen LogP contribution is 2.38. The van der Waals surface area contributed by atoms with Gasteiger partial charge in [0.1, 0.15) is 11.2 Å². The quantitative estimate of drug-likeness (QED) is 0.229. The molecule has 1 fully saturated rings. The lowest BCUT2D eigenvalue weighted by Crippen LogP contribution is -2.41. The lowest BCUT2D eigenvalue weighted by Gasteiger charge is -2.32. The van der Waals surface area contributed by atoms with Crippen LogP contribution in [0.3, 0.4) is 0 Å². The first-order valence-electron chi connectivity index (χ1n) is 13.5. The van der Waals surface area contributed by atoms with Gasteiger partial charge in [-0.15, -0.1) is 0 Å². The molecule has 7 heteroatoms. The van der Waals surface area contributed by atoms with Crippen LogP contribution in [0.5, 0.6) is 0 Å². The molecule has 4 aromatic carbocycles. The average Bonchev–Trinajstić information content (AvgIpc) is 3.45. The van der Waals surface area contributed by atoms with Crippen molar-refractivity contribution in [2.45, 2.75) is 38.9 Å². The van der Waals surface area contributed by atoms with Crippen LogP contribution >= 0.6 is 0 Å². The monoisotopic (exact) mass is 525 g/mol. The van der Waals surface area contributed by atoms with Crippen molar-refractivity contribution in [1.82, 2.24) is 15.0 Å². The Bertz CT molecular complexity index is 1790. The van der Waals surface area contributed by atoms with E-state index in [1.54, 1.807) is 0 Å². The molecule has 6 aromatic rings. The van der Waals surface area contributed by atoms with Crippen LogP contribution in [0.4, 0.5) is 0 Å². The predicted octanol–water partition coefficient (Wildman–Crippen LogP) is 7.07. The highest BCUT2D eigenvalue weighted by Gasteiger charge is 2.52. The van der Waals surface area contributed by atoms with Gasteiger partial charge in [-0.25, -0.2) is 15.0 Å². The third-order valence-corrected chi connectivity index (χ3v) is 7.99. The Morgan fingerprint density at radius 1 is 0.550 bits per heavy atom. The molecule has 40 heavy (non-hydrogen) atoms. The molecule has 0 unspecified atom stereocenters. The fourth-order valence-corrected chi connectivity index (χ4v) is 5.05. The molecule has 196 valence electrons. The topological polar surface area (TPSA) is 70.3 Å². The number of aromatic nitrogens is 3. The van der Waals surface area contributed by atoms with E-state index in [0.29, 0.717) is 17.5 Å². The lowest BCUT2D eigenvalue weighted by molar-refractivity contribution is 0.00578. The summed E-state index contributed by atoms with van der Waals surface area (Å²) in [6.45, 7) is 8.22. The van der Waals surface area contributed by atoms with Crippen LogP contribution in [0.15, 0.2) is 101 Å². The molecule has 0 bridgehead atoms. The molecule has 6 nitrogen and oxygen atoms in total. The number of furan rings is 1. The second-order valence-electron chi connectivity index (χ2n) is 11.2. The number of para-hydroxylation sites is 1. The van der Waals surface area contributed by atoms with Crippen LogP contribution in [-0.2, 0) is 9.31 Å². The molecule has 0 saturated carbocycles. The van der Waals surface area contributed by atoms with Gasteiger partial charge in [-0.2, -0.15) is 0 Å². The SMILES string of the molecule is CC1(C)OB(c2cccc3c2oc2cc(-c4nc(-c5ccccc5)nc(-c5ccccc5)n4)ccc23)OC1(C)C. The molecule has 1 aliphatic heterocycles. The van der Waals surface area contributed by atoms with Crippen LogP contribution in [0.2, 0.25) is 0 Å². The van der Waals surface area contributed by atoms with Gasteiger partial charge in [0.25, 0.3) is 0 Å². The van der Waals surface area contributed by atoms with E-state index >= 15 is 0 Å². The van der Waals surface area contributed by atoms with E-state index in [-0.39, 0.29) is 0 Å². The van der Waals surface area contributed by atoms with Crippen molar-refractivity contribution >= 4 is 34.5 Å². The first kappa shape index (κ1) is 24.7. The van der Waals surface area contributed by atoms with E-state index < -0.39 is 18.3 Å². The zero-order valence-electron chi connectivity index (χ0n) is 22.9. The molecule has 0 spiro atoms. The smallest absolute Gasteiger partial charge is 0.456 e. The Balaban J connectivity index is 1.36. The lowest BCUT2D eigenvalue weighted by atomic mass is 9.78. The summed E-state index contributed by atoms with van der Waals surface area (Å²) in [4.78, 5) is 14.5. The number of benzene rings is 4. The third kappa shape index (κ3) is 4.10. The summed E-state index contributed by atoms with van der Waals surface area (Å²) in [5.41, 5.74) is 4.22. The predicted molar refractivity (Wildman–Crippen MR) is 159 cm³/mol. The van der Waals surface area contributed by atoms with Crippen molar-refractivity contribution in [1.29, 1.82) is 0 Å². The number of nitrogens with zero attached hydrogens (tertiary/aromatic N) is 3. The van der Waals surface area contributed by atoms with E-state index in [0.717, 1.165) is 44.1 Å². The highest BCUT2D eigenvalue weighted by atomic mass is 16.7. The summed E-state index contributed by atoms with van der Waals surface area (Å²) in [7, 11) is -0.515. The second kappa shape index (κ2) is 9.12. The van der Waals surface area contributed by atoms with Gasteiger partial charge in [0.05, 0.1) is 11.2 Å². The van der Waals surface area contributed by atoms with Crippen molar-refractivity contribution in [3.63, 3.8) is 0 Å². The van der Waals surface area contributed by atoms with Gasteiger partial charge < -0.3 is 13.7 Å². The normalized spacial score (nSPS) is 16.1. The van der Waals surface area contributed by atoms with Crippen LogP contribution in [0.1, 0.15) is 27.7 Å². The Morgan fingerprint density at radius 2 is 1.10 bits per heavy atom. The summed E-state index contributed by atoms with van der Waals surface area (Å²) in [6, 6.07) is 32.2. The largest absolute Gasteiger partial charge is 0.498 e. The molecule has 0 amide bonds. The first-order chi connectivity index (χ1) is 19.3. The molecule has 1 aliphatic rings. The van der Waals surface area contributed by atoms with Gasteiger partial charge in [-0.05, 0) is 39.8 Å². The van der Waals surface area contributed by atoms with E-state index in [1.165, 1.54) is 0 Å². The number of fused-ring (bicyclic) bond motifs is 3. The summed E-state index contributed by atoms with van der Waals surface area (Å²) in [5, 5.41) is 2.03. The Hall–Kier alpha value is -4.33. The van der Waals surface area contributed by atoms with Gasteiger partial charge in [-0.1, -0.05) is 84.9 Å². The van der Waals surface area contributed by atoms with E-state index in [2.05, 4.69) is 39.8 Å². The van der Waals surface area contributed by atoms with Crippen molar-refractivity contribution < 1.29 is 13.7 Å². The maximum Gasteiger partial charge on any atom is 0.498 e. The average molecular weight is 525 g/mol. The Morgan fingerprint density at radius 3 is 1.68 bits per heavy atom. The van der Waals surface area contributed by atoms with E-state index in [9.17, 15) is 0 Å². The second-order valence-corrected chi connectivity index (χ2v) is 11.2. The Kier molecular flexibility index (Phi) is 5.63. The maximum absolute atomic E-state index is 6.49. The van der Waals surface area contributed by atoms with Crippen molar-refractivity contribution in [3.8, 4) is 34.2 Å². The Labute approximate surface area is 233 Å². The molecule has 0 radical (unpaired) electrons. The molecule has 7 rings (SSSR count). The third-order valence-electron chi connectivity index (χ3n) is 7.99. The van der Waals surface area contributed by atoms with Gasteiger partial charge in [-0.3, -0.25) is 0 Å². The number of hydrogen-bond donors (Lipinski definition) is 0. The minimum atomic E-state index is -0.515. The molecular weight excluding hydrogens is 497 g/mol. The minimum absolute atomic E-state index is 0.440. The molecule has 2 aromatic heterocycles. The van der Waals surface area contributed by atoms with Gasteiger partial charge in [0.15, 0.2) is 17.5 Å². The summed E-state index contributed by atoms with van der Waals surface area (Å²) in [6.07, 6.45) is 0. The molecule has 0 aliphatic carbocycles. The minimum Gasteiger partial charge on any atom is -0.456 e. The molecule has 0 atom stereocenters. The van der Waals surface area contributed by atoms with Crippen molar-refractivity contribution in [3.05, 3.63) is 97.1 Å². The van der Waals surface area contributed by atoms with Crippen LogP contribution in [-0.4, -0.2) is 33.3 Å². The fraction of sp³-hybridized carbons (Fsp3) is 0.182. The molecule has 1 saturated heterocycles. The van der Waals surface area contributed by atoms with Gasteiger partial charge in [0, 0.05) is 32.9 Å². The van der Waals surface area contributed by atoms with Crippen LogP contribution < -0.4 is 5.46 Å². The maximum atomic E-state index is 6.49. The van der Waals surface area contributed by atoms with Crippen LogP contribution in [0.25, 0.3) is 56.1 Å². The highest BCUT2D eigenvalue weighted by molar-refractivity contribution is 6.65.